The number of hydrogen-bond donors (Lipinski definition) is 2. The number of benzene rings is 2. The van der Waals surface area contributed by atoms with Gasteiger partial charge >= 0.3 is 11.9 Å². The van der Waals surface area contributed by atoms with Crippen LogP contribution in [-0.4, -0.2) is 63.3 Å². The Balaban J connectivity index is 1.46. The molecule has 10 nitrogen and oxygen atoms in total. The van der Waals surface area contributed by atoms with E-state index in [1.54, 1.807) is 12.1 Å². The van der Waals surface area contributed by atoms with Crippen molar-refractivity contribution in [3.8, 4) is 11.5 Å². The average molecular weight is 501 g/mol. The smallest absolute Gasteiger partial charge is 0.309 e. The lowest BCUT2D eigenvalue weighted by atomic mass is 10.2. The van der Waals surface area contributed by atoms with Gasteiger partial charge in [-0.25, -0.2) is 0 Å². The third kappa shape index (κ3) is 11.4. The quantitative estimate of drug-likeness (QED) is 0.280. The molecule has 0 heterocycles. The molecule has 2 amide bonds. The number of carbonyl (C=O) groups is 4. The highest BCUT2D eigenvalue weighted by Crippen LogP contribution is 2.17. The van der Waals surface area contributed by atoms with E-state index in [4.69, 9.17) is 18.9 Å². The second-order valence-corrected chi connectivity index (χ2v) is 7.75. The van der Waals surface area contributed by atoms with Crippen molar-refractivity contribution in [3.05, 3.63) is 59.7 Å². The Hall–Kier alpha value is -4.08. The zero-order chi connectivity index (χ0) is 26.2. The topological polar surface area (TPSA) is 129 Å². The van der Waals surface area contributed by atoms with Gasteiger partial charge in [-0.2, -0.15) is 0 Å². The first kappa shape index (κ1) is 28.2. The fourth-order valence-electron chi connectivity index (χ4n) is 2.87. The molecule has 194 valence electrons. The summed E-state index contributed by atoms with van der Waals surface area (Å²) >= 11 is 0. The van der Waals surface area contributed by atoms with Crippen LogP contribution < -0.4 is 20.1 Å². The Bertz CT molecular complexity index is 943. The molecule has 0 unspecified atom stereocenters. The molecule has 0 spiro atoms. The molecule has 0 aliphatic heterocycles. The lowest BCUT2D eigenvalue weighted by molar-refractivity contribution is -0.149. The van der Waals surface area contributed by atoms with Crippen LogP contribution in [0.4, 0.5) is 0 Å². The van der Waals surface area contributed by atoms with Crippen LogP contribution >= 0.6 is 0 Å². The summed E-state index contributed by atoms with van der Waals surface area (Å²) in [5.41, 5.74) is 1.91. The van der Waals surface area contributed by atoms with Gasteiger partial charge in [0.05, 0.1) is 26.1 Å². The number of amides is 2. The van der Waals surface area contributed by atoms with Gasteiger partial charge in [0.25, 0.3) is 11.8 Å². The maximum Gasteiger partial charge on any atom is 0.309 e. The van der Waals surface area contributed by atoms with Crippen molar-refractivity contribution >= 4 is 23.8 Å². The molecule has 10 heteroatoms. The number of carbonyl (C=O) groups excluding carboxylic acids is 4. The molecular weight excluding hydrogens is 468 g/mol. The largest absolute Gasteiger partial charge is 0.493 e. The van der Waals surface area contributed by atoms with E-state index < -0.39 is 37.0 Å². The Morgan fingerprint density at radius 3 is 1.42 bits per heavy atom. The van der Waals surface area contributed by atoms with Crippen LogP contribution in [-0.2, 0) is 28.7 Å². The molecule has 2 N–H and O–H groups in total. The van der Waals surface area contributed by atoms with Crippen molar-refractivity contribution in [1.29, 1.82) is 0 Å². The Morgan fingerprint density at radius 2 is 1.03 bits per heavy atom. The first-order chi connectivity index (χ1) is 17.3. The molecule has 0 saturated heterocycles. The number of aryl methyl sites for hydroxylation is 2. The SMILES string of the molecule is Cc1ccccc1OCCC(=O)OCC(=O)NCCNC(=O)COC(=O)CCOc1ccccc1C. The predicted octanol–water partition coefficient (Wildman–Crippen LogP) is 1.86. The van der Waals surface area contributed by atoms with E-state index in [0.29, 0.717) is 11.5 Å². The maximum absolute atomic E-state index is 11.8. The van der Waals surface area contributed by atoms with E-state index in [0.717, 1.165) is 11.1 Å². The average Bonchev–Trinajstić information content (AvgIpc) is 2.86. The van der Waals surface area contributed by atoms with E-state index in [1.165, 1.54) is 0 Å². The molecule has 2 aromatic rings. The van der Waals surface area contributed by atoms with E-state index in [2.05, 4.69) is 10.6 Å². The highest BCUT2D eigenvalue weighted by atomic mass is 16.5. The first-order valence-electron chi connectivity index (χ1n) is 11.6. The zero-order valence-corrected chi connectivity index (χ0v) is 20.5. The van der Waals surface area contributed by atoms with Gasteiger partial charge in [-0.05, 0) is 37.1 Å². The first-order valence-corrected chi connectivity index (χ1v) is 11.6. The summed E-state index contributed by atoms with van der Waals surface area (Å²) in [4.78, 5) is 47.0. The van der Waals surface area contributed by atoms with Crippen molar-refractivity contribution in [3.63, 3.8) is 0 Å². The summed E-state index contributed by atoms with van der Waals surface area (Å²) in [6.07, 6.45) is 0.0167. The summed E-state index contributed by atoms with van der Waals surface area (Å²) in [6.45, 7) is 3.46. The summed E-state index contributed by atoms with van der Waals surface area (Å²) in [5.74, 6) is -0.745. The fraction of sp³-hybridized carbons (Fsp3) is 0.385. The van der Waals surface area contributed by atoms with Gasteiger partial charge in [-0.15, -0.1) is 0 Å². The van der Waals surface area contributed by atoms with E-state index in [-0.39, 0.29) is 39.1 Å². The number of esters is 2. The molecule has 2 rings (SSSR count). The number of rotatable bonds is 15. The van der Waals surface area contributed by atoms with Gasteiger partial charge < -0.3 is 29.6 Å². The fourth-order valence-corrected chi connectivity index (χ4v) is 2.87. The van der Waals surface area contributed by atoms with Crippen LogP contribution in [0.3, 0.4) is 0 Å². The lowest BCUT2D eigenvalue weighted by Gasteiger charge is -2.10. The maximum atomic E-state index is 11.8. The van der Waals surface area contributed by atoms with Crippen molar-refractivity contribution in [2.24, 2.45) is 0 Å². The van der Waals surface area contributed by atoms with Gasteiger partial charge in [0.1, 0.15) is 11.5 Å². The van der Waals surface area contributed by atoms with Crippen LogP contribution in [0.15, 0.2) is 48.5 Å². The molecule has 2 aromatic carbocycles. The van der Waals surface area contributed by atoms with Crippen LogP contribution in [0.25, 0.3) is 0 Å². The molecule has 0 aliphatic carbocycles. The number of ether oxygens (including phenoxy) is 4. The lowest BCUT2D eigenvalue weighted by Crippen LogP contribution is -2.38. The van der Waals surface area contributed by atoms with Gasteiger partial charge in [-0.1, -0.05) is 36.4 Å². The van der Waals surface area contributed by atoms with E-state index in [1.807, 2.05) is 50.2 Å². The molecule has 0 saturated carbocycles. The Kier molecular flexibility index (Phi) is 12.3. The van der Waals surface area contributed by atoms with Gasteiger partial charge in [0.15, 0.2) is 13.2 Å². The number of nitrogens with one attached hydrogen (secondary N) is 2. The molecule has 0 fully saturated rings. The van der Waals surface area contributed by atoms with Gasteiger partial charge in [0.2, 0.25) is 0 Å². The van der Waals surface area contributed by atoms with Crippen LogP contribution in [0.2, 0.25) is 0 Å². The Morgan fingerprint density at radius 1 is 0.639 bits per heavy atom. The van der Waals surface area contributed by atoms with E-state index in [9.17, 15) is 19.2 Å². The molecule has 0 atom stereocenters. The predicted molar refractivity (Wildman–Crippen MR) is 131 cm³/mol. The third-order valence-corrected chi connectivity index (χ3v) is 4.81. The molecule has 0 radical (unpaired) electrons. The Labute approximate surface area is 210 Å². The number of para-hydroxylation sites is 2. The van der Waals surface area contributed by atoms with Gasteiger partial charge in [0, 0.05) is 13.1 Å². The highest BCUT2D eigenvalue weighted by molar-refractivity contribution is 5.81. The molecule has 0 aromatic heterocycles. The standard InChI is InChI=1S/C26H32N2O8/c1-19-7-3-5-9-21(19)33-15-11-25(31)35-17-23(29)27-13-14-28-24(30)18-36-26(32)12-16-34-22-10-6-4-8-20(22)2/h3-10H,11-18H2,1-2H3,(H,27,29)(H,28,30). The summed E-state index contributed by atoms with van der Waals surface area (Å²) in [6, 6.07) is 14.9. The molecule has 0 bridgehead atoms. The zero-order valence-electron chi connectivity index (χ0n) is 20.5. The minimum Gasteiger partial charge on any atom is -0.493 e. The second kappa shape index (κ2) is 15.8. The van der Waals surface area contributed by atoms with E-state index >= 15 is 0 Å². The van der Waals surface area contributed by atoms with Crippen molar-refractivity contribution < 1.29 is 38.1 Å². The second-order valence-electron chi connectivity index (χ2n) is 7.75. The summed E-state index contributed by atoms with van der Waals surface area (Å²) < 4.78 is 20.8. The summed E-state index contributed by atoms with van der Waals surface area (Å²) in [7, 11) is 0. The number of hydrogen-bond acceptors (Lipinski definition) is 8. The highest BCUT2D eigenvalue weighted by Gasteiger charge is 2.10. The van der Waals surface area contributed by atoms with Crippen LogP contribution in [0.5, 0.6) is 11.5 Å². The minimum absolute atomic E-state index is 0.00835. The molecular formula is C26H32N2O8. The third-order valence-electron chi connectivity index (χ3n) is 4.81. The van der Waals surface area contributed by atoms with Crippen LogP contribution in [0.1, 0.15) is 24.0 Å². The van der Waals surface area contributed by atoms with Crippen LogP contribution in [0, 0.1) is 13.8 Å². The van der Waals surface area contributed by atoms with Gasteiger partial charge in [-0.3, -0.25) is 19.2 Å². The molecule has 36 heavy (non-hydrogen) atoms. The normalized spacial score (nSPS) is 10.2. The monoisotopic (exact) mass is 500 g/mol. The molecule has 0 aliphatic rings. The summed E-state index contributed by atoms with van der Waals surface area (Å²) in [5, 5.41) is 5.02. The van der Waals surface area contributed by atoms with Crippen molar-refractivity contribution in [2.75, 3.05) is 39.5 Å². The van der Waals surface area contributed by atoms with Crippen molar-refractivity contribution in [1.82, 2.24) is 10.6 Å². The van der Waals surface area contributed by atoms with Crippen molar-refractivity contribution in [2.45, 2.75) is 26.7 Å². The minimum atomic E-state index is -0.557.